The number of nitrogens with zero attached hydrogens (tertiary/aromatic N) is 3. The average molecular weight is 807 g/mol. The molecule has 5 amide bonds. The number of hydrogen-bond acceptors (Lipinski definition) is 11. The number of ether oxygens (including phenoxy) is 2. The van der Waals surface area contributed by atoms with Gasteiger partial charge < -0.3 is 25.0 Å². The maximum absolute atomic E-state index is 13.0. The van der Waals surface area contributed by atoms with Gasteiger partial charge in [-0.15, -0.1) is 0 Å². The number of nitrogens with one attached hydrogen (secondary N) is 2. The number of hydrogen-bond donors (Lipinski definition) is 3. The molecule has 3 heterocycles. The Labute approximate surface area is 344 Å². The fourth-order valence-electron chi connectivity index (χ4n) is 7.48. The lowest BCUT2D eigenvalue weighted by molar-refractivity contribution is -0.136. The van der Waals surface area contributed by atoms with E-state index in [-0.39, 0.29) is 48.0 Å². The Hall–Kier alpha value is -6.05. The van der Waals surface area contributed by atoms with Crippen molar-refractivity contribution >= 4 is 35.2 Å². The van der Waals surface area contributed by atoms with Crippen molar-refractivity contribution in [1.82, 2.24) is 20.4 Å². The number of nitrogens with two attached hydrogens (primary N) is 1. The van der Waals surface area contributed by atoms with Crippen LogP contribution in [0, 0.1) is 0 Å². The molecule has 0 radical (unpaired) electrons. The predicted molar refractivity (Wildman–Crippen MR) is 220 cm³/mol. The van der Waals surface area contributed by atoms with E-state index in [1.807, 2.05) is 36.4 Å². The molecule has 2 aliphatic heterocycles. The van der Waals surface area contributed by atoms with E-state index in [0.717, 1.165) is 54.1 Å². The van der Waals surface area contributed by atoms with Crippen LogP contribution in [0.15, 0.2) is 71.3 Å². The molecule has 1 saturated heterocycles. The minimum Gasteiger partial charge on any atom is -0.494 e. The van der Waals surface area contributed by atoms with Crippen LogP contribution in [0.5, 0.6) is 11.5 Å². The summed E-state index contributed by atoms with van der Waals surface area (Å²) in [6.07, 6.45) is 13.2. The molecule has 59 heavy (non-hydrogen) atoms. The molecule has 14 heteroatoms. The molecule has 14 nitrogen and oxygen atoms in total. The molecular formula is C45H54N6O8. The predicted octanol–water partition coefficient (Wildman–Crippen LogP) is 7.26. The van der Waals surface area contributed by atoms with Gasteiger partial charge in [0.25, 0.3) is 29.4 Å². The molecule has 6 rings (SSSR count). The molecule has 1 fully saturated rings. The SMILES string of the molecule is CC(C)(c1ccc(OCCCCCCCCCCCCCNc2ccc3c(c2)C(=O)N(C2CCC(=O)NC2=O)C3=O)cc1)c1ccc(OCc2nc(C(N)=O)no2)cc1. The largest absolute Gasteiger partial charge is 0.494 e. The third-order valence-corrected chi connectivity index (χ3v) is 11.1. The molecule has 1 aromatic heterocycles. The van der Waals surface area contributed by atoms with E-state index in [4.69, 9.17) is 19.7 Å². The van der Waals surface area contributed by atoms with Crippen molar-refractivity contribution < 1.29 is 38.0 Å². The van der Waals surface area contributed by atoms with E-state index in [2.05, 4.69) is 46.8 Å². The van der Waals surface area contributed by atoms with Gasteiger partial charge in [0.15, 0.2) is 6.61 Å². The highest BCUT2D eigenvalue weighted by atomic mass is 16.5. The van der Waals surface area contributed by atoms with E-state index in [0.29, 0.717) is 17.9 Å². The lowest BCUT2D eigenvalue weighted by atomic mass is 9.78. The normalized spacial score (nSPS) is 15.3. The molecule has 3 aromatic carbocycles. The Balaban J connectivity index is 0.768. The third kappa shape index (κ3) is 11.1. The van der Waals surface area contributed by atoms with Gasteiger partial charge in [-0.25, -0.2) is 0 Å². The van der Waals surface area contributed by atoms with Gasteiger partial charge in [-0.2, -0.15) is 4.98 Å². The van der Waals surface area contributed by atoms with Crippen molar-refractivity contribution in [2.24, 2.45) is 5.73 Å². The summed E-state index contributed by atoms with van der Waals surface area (Å²) in [5.41, 5.74) is 8.59. The van der Waals surface area contributed by atoms with Crippen molar-refractivity contribution in [3.63, 3.8) is 0 Å². The van der Waals surface area contributed by atoms with E-state index >= 15 is 0 Å². The summed E-state index contributed by atoms with van der Waals surface area (Å²) in [6.45, 7) is 5.88. The van der Waals surface area contributed by atoms with Crippen molar-refractivity contribution in [3.8, 4) is 11.5 Å². The number of carbonyl (C=O) groups is 5. The second kappa shape index (κ2) is 20.1. The number of primary amides is 1. The molecule has 1 unspecified atom stereocenters. The number of aromatic nitrogens is 2. The highest BCUT2D eigenvalue weighted by Gasteiger charge is 2.44. The fraction of sp³-hybridized carbons (Fsp3) is 0.444. The Kier molecular flexibility index (Phi) is 14.5. The van der Waals surface area contributed by atoms with E-state index in [9.17, 15) is 24.0 Å². The molecule has 4 N–H and O–H groups in total. The zero-order valence-electron chi connectivity index (χ0n) is 33.9. The maximum atomic E-state index is 13.0. The first-order chi connectivity index (χ1) is 28.5. The summed E-state index contributed by atoms with van der Waals surface area (Å²) in [5.74, 6) is -1.21. The first-order valence-electron chi connectivity index (χ1n) is 20.7. The van der Waals surface area contributed by atoms with Crippen LogP contribution in [0.25, 0.3) is 0 Å². The van der Waals surface area contributed by atoms with Crippen LogP contribution in [0.3, 0.4) is 0 Å². The molecule has 2 aliphatic rings. The molecule has 0 aliphatic carbocycles. The molecule has 4 aromatic rings. The number of rotatable bonds is 23. The Morgan fingerprint density at radius 1 is 0.797 bits per heavy atom. The number of fused-ring (bicyclic) bond motifs is 1. The van der Waals surface area contributed by atoms with Crippen LogP contribution < -0.4 is 25.8 Å². The molecule has 0 saturated carbocycles. The Morgan fingerprint density at radius 2 is 1.37 bits per heavy atom. The summed E-state index contributed by atoms with van der Waals surface area (Å²) < 4.78 is 16.7. The van der Waals surface area contributed by atoms with E-state index < -0.39 is 29.7 Å². The van der Waals surface area contributed by atoms with Crippen LogP contribution in [-0.2, 0) is 21.6 Å². The van der Waals surface area contributed by atoms with Gasteiger partial charge in [-0.05, 0) is 72.9 Å². The average Bonchev–Trinajstić information content (AvgIpc) is 3.81. The lowest BCUT2D eigenvalue weighted by Gasteiger charge is -2.27. The number of amides is 5. The van der Waals surface area contributed by atoms with Gasteiger partial charge in [0.2, 0.25) is 11.8 Å². The molecular weight excluding hydrogens is 753 g/mol. The van der Waals surface area contributed by atoms with E-state index in [1.165, 1.54) is 50.5 Å². The number of piperidine rings is 1. The second-order valence-corrected chi connectivity index (χ2v) is 15.7. The van der Waals surface area contributed by atoms with Gasteiger partial charge in [0.05, 0.1) is 17.7 Å². The highest BCUT2D eigenvalue weighted by Crippen LogP contribution is 2.34. The lowest BCUT2D eigenvalue weighted by Crippen LogP contribution is -2.54. The van der Waals surface area contributed by atoms with Gasteiger partial charge >= 0.3 is 0 Å². The topological polar surface area (TPSA) is 196 Å². The van der Waals surface area contributed by atoms with Crippen LogP contribution >= 0.6 is 0 Å². The third-order valence-electron chi connectivity index (χ3n) is 11.1. The van der Waals surface area contributed by atoms with E-state index in [1.54, 1.807) is 18.2 Å². The summed E-state index contributed by atoms with van der Waals surface area (Å²) in [4.78, 5) is 65.8. The minimum atomic E-state index is -0.957. The molecule has 0 bridgehead atoms. The number of anilines is 1. The fourth-order valence-corrected chi connectivity index (χ4v) is 7.48. The summed E-state index contributed by atoms with van der Waals surface area (Å²) in [7, 11) is 0. The molecule has 1 atom stereocenters. The van der Waals surface area contributed by atoms with Gasteiger partial charge in [-0.1, -0.05) is 101 Å². The zero-order valence-corrected chi connectivity index (χ0v) is 33.9. The van der Waals surface area contributed by atoms with Crippen LogP contribution in [0.1, 0.15) is 146 Å². The van der Waals surface area contributed by atoms with Crippen LogP contribution in [0.2, 0.25) is 0 Å². The van der Waals surface area contributed by atoms with Gasteiger partial charge in [0.1, 0.15) is 17.5 Å². The van der Waals surface area contributed by atoms with Gasteiger partial charge in [0, 0.05) is 24.1 Å². The van der Waals surface area contributed by atoms with Crippen molar-refractivity contribution in [2.75, 3.05) is 18.5 Å². The van der Waals surface area contributed by atoms with Crippen molar-refractivity contribution in [3.05, 3.63) is 101 Å². The molecule has 312 valence electrons. The Bertz CT molecular complexity index is 2100. The molecule has 0 spiro atoms. The minimum absolute atomic E-state index is 0.0341. The Morgan fingerprint density at radius 3 is 1.97 bits per heavy atom. The maximum Gasteiger partial charge on any atom is 0.290 e. The highest BCUT2D eigenvalue weighted by molar-refractivity contribution is 6.23. The standard InChI is InChI=1S/C45H54N6O8/c1-45(2,31-16-21-34(22-17-31)58-29-39-49-41(40(46)53)50-59-39)30-14-19-33(20-15-30)57-27-13-11-9-7-5-3-4-6-8-10-12-26-47-32-18-23-35-36(28-32)44(56)51(43(35)55)37-24-25-38(52)48-42(37)54/h14-23,28,37,47H,3-13,24-27,29H2,1-2H3,(H2,46,53)(H,48,52,54). The smallest absolute Gasteiger partial charge is 0.290 e. The zero-order chi connectivity index (χ0) is 41.8. The summed E-state index contributed by atoms with van der Waals surface area (Å²) >= 11 is 0. The van der Waals surface area contributed by atoms with Crippen LogP contribution in [-0.4, -0.2) is 63.8 Å². The van der Waals surface area contributed by atoms with Gasteiger partial charge in [-0.3, -0.25) is 34.2 Å². The summed E-state index contributed by atoms with van der Waals surface area (Å²) in [6, 6.07) is 20.3. The first-order valence-corrected chi connectivity index (χ1v) is 20.7. The van der Waals surface area contributed by atoms with Crippen LogP contribution in [0.4, 0.5) is 5.69 Å². The quantitative estimate of drug-likeness (QED) is 0.0504. The summed E-state index contributed by atoms with van der Waals surface area (Å²) in [5, 5.41) is 9.10. The first kappa shape index (κ1) is 42.6. The monoisotopic (exact) mass is 806 g/mol. The number of carbonyl (C=O) groups excluding carboxylic acids is 5. The number of unbranched alkanes of at least 4 members (excludes halogenated alkanes) is 10. The second-order valence-electron chi connectivity index (χ2n) is 15.7. The van der Waals surface area contributed by atoms with Crippen molar-refractivity contribution in [2.45, 2.75) is 115 Å². The number of imide groups is 2. The van der Waals surface area contributed by atoms with Crippen molar-refractivity contribution in [1.29, 1.82) is 0 Å². The number of benzene rings is 3.